The number of pyridine rings is 1. The first kappa shape index (κ1) is 17.9. The Kier molecular flexibility index (Phi) is 6.96. The fraction of sp³-hybridized carbons (Fsp3) is 0.167. The third kappa shape index (κ3) is 4.74. The number of allylic oxidation sites excluding steroid dienone is 1. The van der Waals surface area contributed by atoms with Crippen LogP contribution < -0.4 is 4.84 Å². The molecule has 2 rings (SSSR count). The summed E-state index contributed by atoms with van der Waals surface area (Å²) in [5.74, 6) is 0. The zero-order valence-electron chi connectivity index (χ0n) is 12.9. The number of halogens is 1. The maximum atomic E-state index is 5.65. The molecule has 1 aromatic heterocycles. The van der Waals surface area contributed by atoms with E-state index in [1.165, 1.54) is 22.9 Å². The van der Waals surface area contributed by atoms with E-state index >= 15 is 0 Å². The van der Waals surface area contributed by atoms with E-state index < -0.39 is 0 Å². The molecular weight excluding hydrogens is 346 g/mol. The predicted molar refractivity (Wildman–Crippen MR) is 103 cm³/mol. The Hall–Kier alpha value is -1.49. The number of thioether (sulfide) groups is 1. The molecule has 0 fully saturated rings. The molecule has 1 heterocycles. The summed E-state index contributed by atoms with van der Waals surface area (Å²) in [6.45, 7) is 6.32. The summed E-state index contributed by atoms with van der Waals surface area (Å²) in [4.78, 5) is 6.53. The van der Waals surface area contributed by atoms with Gasteiger partial charge in [0.05, 0.1) is 21.8 Å². The molecule has 0 N–H and O–H groups in total. The van der Waals surface area contributed by atoms with Crippen LogP contribution in [0.5, 0.6) is 0 Å². The van der Waals surface area contributed by atoms with Gasteiger partial charge in [0, 0.05) is 11.1 Å². The summed E-state index contributed by atoms with van der Waals surface area (Å²) in [7, 11) is 0. The van der Waals surface area contributed by atoms with Crippen molar-refractivity contribution in [1.82, 2.24) is 4.73 Å². The molecule has 120 valence electrons. The van der Waals surface area contributed by atoms with E-state index in [9.17, 15) is 0 Å². The van der Waals surface area contributed by atoms with Crippen LogP contribution in [0.2, 0.25) is 0 Å². The van der Waals surface area contributed by atoms with Crippen LogP contribution in [-0.4, -0.2) is 11.3 Å². The molecule has 0 radical (unpaired) electrons. The van der Waals surface area contributed by atoms with Gasteiger partial charge in [-0.3, -0.25) is 0 Å². The van der Waals surface area contributed by atoms with E-state index in [1.54, 1.807) is 10.1 Å². The third-order valence-corrected chi connectivity index (χ3v) is 4.79. The minimum atomic E-state index is 0.576. The number of hydrogen-bond acceptors (Lipinski definition) is 3. The molecule has 0 aliphatic rings. The third-order valence-electron chi connectivity index (χ3n) is 3.11. The highest BCUT2D eigenvalue weighted by molar-refractivity contribution is 8.02. The van der Waals surface area contributed by atoms with Crippen molar-refractivity contribution in [1.29, 1.82) is 0 Å². The average Bonchev–Trinajstić information content (AvgIpc) is 2.56. The molecule has 0 saturated carbocycles. The van der Waals surface area contributed by atoms with E-state index in [-0.39, 0.29) is 0 Å². The summed E-state index contributed by atoms with van der Waals surface area (Å²) < 4.78 is 2.49. The molecule has 0 bridgehead atoms. The van der Waals surface area contributed by atoms with Crippen molar-refractivity contribution in [3.05, 3.63) is 70.3 Å². The summed E-state index contributed by atoms with van der Waals surface area (Å²) in [6, 6.07) is 8.31. The van der Waals surface area contributed by atoms with Gasteiger partial charge < -0.3 is 4.84 Å². The Labute approximate surface area is 151 Å². The van der Waals surface area contributed by atoms with Gasteiger partial charge in [0.15, 0.2) is 0 Å². The molecule has 0 atom stereocenters. The normalized spacial score (nSPS) is 10.9. The number of rotatable bonds is 7. The Balaban J connectivity index is 2.55. The molecule has 0 saturated heterocycles. The molecule has 0 aliphatic carbocycles. The molecule has 2 aromatic rings. The minimum Gasteiger partial charge on any atom is -0.415 e. The van der Waals surface area contributed by atoms with Crippen LogP contribution >= 0.6 is 35.6 Å². The number of aromatic nitrogens is 1. The fourth-order valence-corrected chi connectivity index (χ4v) is 3.28. The number of benzene rings is 1. The second kappa shape index (κ2) is 8.96. The van der Waals surface area contributed by atoms with Gasteiger partial charge in [0.1, 0.15) is 6.61 Å². The van der Waals surface area contributed by atoms with Crippen molar-refractivity contribution in [2.45, 2.75) is 18.2 Å². The van der Waals surface area contributed by atoms with Crippen molar-refractivity contribution in [2.24, 2.45) is 0 Å². The Morgan fingerprint density at radius 1 is 1.39 bits per heavy atom. The van der Waals surface area contributed by atoms with Crippen LogP contribution in [0.15, 0.2) is 65.2 Å². The summed E-state index contributed by atoms with van der Waals surface area (Å²) in [5, 5.41) is 1.79. The monoisotopic (exact) mass is 363 g/mol. The lowest BCUT2D eigenvalue weighted by molar-refractivity contribution is 0.119. The second-order valence-electron chi connectivity index (χ2n) is 4.72. The average molecular weight is 364 g/mol. The highest BCUT2D eigenvalue weighted by Crippen LogP contribution is 2.29. The van der Waals surface area contributed by atoms with Gasteiger partial charge in [-0.1, -0.05) is 65.9 Å². The Morgan fingerprint density at radius 2 is 2.22 bits per heavy atom. The van der Waals surface area contributed by atoms with Crippen molar-refractivity contribution < 1.29 is 4.84 Å². The lowest BCUT2D eigenvalue weighted by Crippen LogP contribution is -2.11. The molecule has 5 heteroatoms. The van der Waals surface area contributed by atoms with Crippen LogP contribution in [0.25, 0.3) is 11.1 Å². The van der Waals surface area contributed by atoms with Crippen molar-refractivity contribution in [3.63, 3.8) is 0 Å². The highest BCUT2D eigenvalue weighted by atomic mass is 35.5. The predicted octanol–water partition coefficient (Wildman–Crippen LogP) is 5.86. The molecule has 2 nitrogen and oxygen atoms in total. The summed E-state index contributed by atoms with van der Waals surface area (Å²) >= 11 is 12.8. The van der Waals surface area contributed by atoms with Crippen molar-refractivity contribution in [3.8, 4) is 11.1 Å². The summed E-state index contributed by atoms with van der Waals surface area (Å²) in [5.41, 5.74) is 4.71. The maximum Gasteiger partial charge on any atom is 0.112 e. The first-order valence-corrected chi connectivity index (χ1v) is 8.93. The van der Waals surface area contributed by atoms with Crippen molar-refractivity contribution >= 4 is 35.6 Å². The quantitative estimate of drug-likeness (QED) is 0.347. The first-order chi connectivity index (χ1) is 11.2. The van der Waals surface area contributed by atoms with Gasteiger partial charge >= 0.3 is 0 Å². The largest absolute Gasteiger partial charge is 0.415 e. The van der Waals surface area contributed by atoms with Crippen LogP contribution in [0.4, 0.5) is 0 Å². The minimum absolute atomic E-state index is 0.576. The van der Waals surface area contributed by atoms with E-state index in [4.69, 9.17) is 28.7 Å². The van der Waals surface area contributed by atoms with Crippen molar-refractivity contribution in [2.75, 3.05) is 6.61 Å². The number of hydrogen-bond donors (Lipinski definition) is 0. The van der Waals surface area contributed by atoms with Gasteiger partial charge in [-0.05, 0) is 29.9 Å². The molecule has 0 amide bonds. The molecule has 0 unspecified atom stereocenters. The van der Waals surface area contributed by atoms with Crippen LogP contribution in [0.1, 0.15) is 12.5 Å². The van der Waals surface area contributed by atoms with E-state index in [1.807, 2.05) is 31.5 Å². The van der Waals surface area contributed by atoms with Crippen LogP contribution in [-0.2, 0) is 6.42 Å². The second-order valence-corrected chi connectivity index (χ2v) is 6.32. The SMILES string of the molecule is C=CCc1cccc(-c2cn(OCC)cc(S/C=C/Cl)c2=S)c1. The Bertz CT molecular complexity index is 768. The molecule has 0 spiro atoms. The summed E-state index contributed by atoms with van der Waals surface area (Å²) in [6.07, 6.45) is 6.53. The van der Waals surface area contributed by atoms with Crippen LogP contribution in [0, 0.1) is 4.51 Å². The topological polar surface area (TPSA) is 14.2 Å². The van der Waals surface area contributed by atoms with Gasteiger partial charge in [-0.25, -0.2) is 0 Å². The Morgan fingerprint density at radius 3 is 2.91 bits per heavy atom. The van der Waals surface area contributed by atoms with Gasteiger partial charge in [-0.15, -0.1) is 6.58 Å². The lowest BCUT2D eigenvalue weighted by atomic mass is 10.0. The van der Waals surface area contributed by atoms with Gasteiger partial charge in [0.25, 0.3) is 0 Å². The van der Waals surface area contributed by atoms with E-state index in [0.29, 0.717) is 6.61 Å². The first-order valence-electron chi connectivity index (χ1n) is 7.21. The molecule has 23 heavy (non-hydrogen) atoms. The lowest BCUT2D eigenvalue weighted by Gasteiger charge is -2.13. The molecule has 0 aliphatic heterocycles. The fourth-order valence-electron chi connectivity index (χ4n) is 2.17. The smallest absolute Gasteiger partial charge is 0.112 e. The van der Waals surface area contributed by atoms with Gasteiger partial charge in [0.2, 0.25) is 0 Å². The standard InChI is InChI=1S/C18H18ClNOS2/c1-3-6-14-7-5-8-15(11-14)16-12-20(21-4-2)13-17(18(16)22)23-10-9-19/h3,5,7-13H,1,4,6H2,2H3/b10-9+. The zero-order valence-corrected chi connectivity index (χ0v) is 15.3. The molecular formula is C18H18ClNOS2. The van der Waals surface area contributed by atoms with Crippen LogP contribution in [0.3, 0.4) is 0 Å². The molecule has 1 aromatic carbocycles. The zero-order chi connectivity index (χ0) is 16.7. The highest BCUT2D eigenvalue weighted by Gasteiger charge is 2.08. The van der Waals surface area contributed by atoms with Gasteiger partial charge in [-0.2, -0.15) is 4.73 Å². The van der Waals surface area contributed by atoms with E-state index in [0.717, 1.165) is 27.0 Å². The number of nitrogens with zero attached hydrogens (tertiary/aromatic N) is 1. The van der Waals surface area contributed by atoms with E-state index in [2.05, 4.69) is 24.8 Å². The maximum absolute atomic E-state index is 5.65.